The van der Waals surface area contributed by atoms with Gasteiger partial charge < -0.3 is 15.1 Å². The van der Waals surface area contributed by atoms with E-state index in [4.69, 9.17) is 16.6 Å². The van der Waals surface area contributed by atoms with Gasteiger partial charge in [-0.1, -0.05) is 18.5 Å². The molecule has 1 N–H and O–H groups in total. The van der Waals surface area contributed by atoms with Gasteiger partial charge in [-0.05, 0) is 60.9 Å². The minimum atomic E-state index is -0.320. The number of halogens is 2. The Hall–Kier alpha value is -2.87. The molecule has 0 radical (unpaired) electrons. The van der Waals surface area contributed by atoms with Crippen molar-refractivity contribution < 1.29 is 9.18 Å². The number of fused-ring (bicyclic) bond motifs is 2. The number of amides is 2. The third-order valence-corrected chi connectivity index (χ3v) is 7.56. The summed E-state index contributed by atoms with van der Waals surface area (Å²) in [5.41, 5.74) is 1.68. The monoisotopic (exact) mass is 454 g/mol. The lowest BCUT2D eigenvalue weighted by atomic mass is 10.0. The standard InChI is InChI=1S/C23H24ClFN6O/c1-14-4-7-29(13-14)22(32)27-19-12-26-31-9-6-20(28-21(19)31)30-8-5-15-11-23(15,30)17-10-16(25)2-3-18(17)24/h2-3,6,9-10,12,14-15H,4-5,7-8,11,13H2,1H3,(H,27,32)/t14-,15-,23+/m0/s1. The molecule has 3 atom stereocenters. The van der Waals surface area contributed by atoms with E-state index in [0.29, 0.717) is 28.2 Å². The minimum Gasteiger partial charge on any atom is -0.346 e. The number of likely N-dealkylation sites (tertiary alicyclic amines) is 1. The van der Waals surface area contributed by atoms with Crippen LogP contribution in [0.3, 0.4) is 0 Å². The van der Waals surface area contributed by atoms with Crippen molar-refractivity contribution in [1.82, 2.24) is 19.5 Å². The molecular formula is C23H24ClFN6O. The van der Waals surface area contributed by atoms with E-state index >= 15 is 0 Å². The van der Waals surface area contributed by atoms with E-state index in [1.165, 1.54) is 6.07 Å². The maximum atomic E-state index is 14.1. The van der Waals surface area contributed by atoms with E-state index in [2.05, 4.69) is 22.2 Å². The lowest BCUT2D eigenvalue weighted by Crippen LogP contribution is -2.34. The number of anilines is 2. The van der Waals surface area contributed by atoms with E-state index in [0.717, 1.165) is 50.3 Å². The number of nitrogens with one attached hydrogen (secondary N) is 1. The topological polar surface area (TPSA) is 65.8 Å². The van der Waals surface area contributed by atoms with Gasteiger partial charge in [-0.3, -0.25) is 0 Å². The van der Waals surface area contributed by atoms with Gasteiger partial charge in [-0.15, -0.1) is 0 Å². The highest BCUT2D eigenvalue weighted by Crippen LogP contribution is 2.64. The molecule has 6 rings (SSSR count). The molecule has 7 nitrogen and oxygen atoms in total. The second-order valence-electron chi connectivity index (χ2n) is 9.27. The van der Waals surface area contributed by atoms with Gasteiger partial charge in [0.2, 0.25) is 0 Å². The predicted molar refractivity (Wildman–Crippen MR) is 121 cm³/mol. The van der Waals surface area contributed by atoms with E-state index in [-0.39, 0.29) is 17.4 Å². The van der Waals surface area contributed by atoms with Crippen LogP contribution < -0.4 is 10.2 Å². The molecule has 2 aliphatic heterocycles. The molecule has 1 saturated carbocycles. The first kappa shape index (κ1) is 19.8. The number of nitrogens with zero attached hydrogens (tertiary/aromatic N) is 5. The summed E-state index contributed by atoms with van der Waals surface area (Å²) in [6.07, 6.45) is 6.44. The van der Waals surface area contributed by atoms with Gasteiger partial charge in [0.1, 0.15) is 17.3 Å². The van der Waals surface area contributed by atoms with Gasteiger partial charge in [0.05, 0.1) is 11.7 Å². The van der Waals surface area contributed by atoms with Crippen LogP contribution in [0.1, 0.15) is 31.7 Å². The van der Waals surface area contributed by atoms with Gasteiger partial charge in [0, 0.05) is 30.9 Å². The molecule has 3 aromatic rings. The molecule has 0 bridgehead atoms. The molecule has 9 heteroatoms. The molecular weight excluding hydrogens is 431 g/mol. The zero-order chi connectivity index (χ0) is 22.0. The van der Waals surface area contributed by atoms with Crippen molar-refractivity contribution >= 4 is 34.8 Å². The zero-order valence-corrected chi connectivity index (χ0v) is 18.5. The average Bonchev–Trinajstić information content (AvgIpc) is 3.10. The fraction of sp³-hybridized carbons (Fsp3) is 0.435. The molecule has 2 aromatic heterocycles. The number of carbonyl (C=O) groups is 1. The lowest BCUT2D eigenvalue weighted by Gasteiger charge is -2.30. The third kappa shape index (κ3) is 2.96. The van der Waals surface area contributed by atoms with Crippen LogP contribution in [0.5, 0.6) is 0 Å². The highest BCUT2D eigenvalue weighted by Gasteiger charge is 2.64. The normalized spacial score (nSPS) is 26.6. The Bertz CT molecular complexity index is 1230. The van der Waals surface area contributed by atoms with Gasteiger partial charge in [0.15, 0.2) is 5.65 Å². The summed E-state index contributed by atoms with van der Waals surface area (Å²) in [4.78, 5) is 21.6. The molecule has 0 spiro atoms. The first-order chi connectivity index (χ1) is 15.5. The summed E-state index contributed by atoms with van der Waals surface area (Å²) in [5, 5.41) is 7.90. The number of hydrogen-bond donors (Lipinski definition) is 1. The molecule has 166 valence electrons. The summed E-state index contributed by atoms with van der Waals surface area (Å²) in [7, 11) is 0. The first-order valence-corrected chi connectivity index (χ1v) is 11.5. The van der Waals surface area contributed by atoms with Crippen molar-refractivity contribution in [3.8, 4) is 0 Å². The summed E-state index contributed by atoms with van der Waals surface area (Å²) >= 11 is 6.50. The predicted octanol–water partition coefficient (Wildman–Crippen LogP) is 4.52. The van der Waals surface area contributed by atoms with Crippen LogP contribution in [-0.4, -0.2) is 45.2 Å². The van der Waals surface area contributed by atoms with Crippen LogP contribution in [0.2, 0.25) is 5.02 Å². The Labute approximate surface area is 190 Å². The smallest absolute Gasteiger partial charge is 0.321 e. The van der Waals surface area contributed by atoms with Crippen LogP contribution in [0, 0.1) is 17.7 Å². The van der Waals surface area contributed by atoms with E-state index in [1.54, 1.807) is 22.8 Å². The maximum absolute atomic E-state index is 14.1. The van der Waals surface area contributed by atoms with Gasteiger partial charge >= 0.3 is 6.03 Å². The Kier molecular flexibility index (Phi) is 4.37. The number of urea groups is 1. The Balaban J connectivity index is 1.33. The van der Waals surface area contributed by atoms with Gasteiger partial charge in [0.25, 0.3) is 0 Å². The molecule has 1 aromatic carbocycles. The van der Waals surface area contributed by atoms with E-state index in [9.17, 15) is 9.18 Å². The number of aromatic nitrogens is 3. The van der Waals surface area contributed by atoms with Crippen molar-refractivity contribution in [3.63, 3.8) is 0 Å². The summed E-state index contributed by atoms with van der Waals surface area (Å²) < 4.78 is 15.7. The van der Waals surface area contributed by atoms with Crippen molar-refractivity contribution in [3.05, 3.63) is 53.1 Å². The first-order valence-electron chi connectivity index (χ1n) is 11.1. The van der Waals surface area contributed by atoms with Crippen LogP contribution in [0.25, 0.3) is 5.65 Å². The molecule has 0 unspecified atom stereocenters. The molecule has 1 aliphatic carbocycles. The molecule has 32 heavy (non-hydrogen) atoms. The Morgan fingerprint density at radius 3 is 2.94 bits per heavy atom. The van der Waals surface area contributed by atoms with Crippen LogP contribution >= 0.6 is 11.6 Å². The highest BCUT2D eigenvalue weighted by atomic mass is 35.5. The maximum Gasteiger partial charge on any atom is 0.321 e. The quantitative estimate of drug-likeness (QED) is 0.631. The SMILES string of the molecule is C[C@H]1CCN(C(=O)Nc2cnn3ccc(N4CC[C@H]5C[C@]54c4cc(F)ccc4Cl)nc23)C1. The van der Waals surface area contributed by atoms with Crippen molar-refractivity contribution in [2.24, 2.45) is 11.8 Å². The zero-order valence-electron chi connectivity index (χ0n) is 17.8. The second-order valence-corrected chi connectivity index (χ2v) is 9.68. The van der Waals surface area contributed by atoms with Crippen molar-refractivity contribution in [1.29, 1.82) is 0 Å². The van der Waals surface area contributed by atoms with E-state index in [1.807, 2.05) is 17.2 Å². The molecule has 3 fully saturated rings. The average molecular weight is 455 g/mol. The number of hydrogen-bond acceptors (Lipinski definition) is 4. The summed E-state index contributed by atoms with van der Waals surface area (Å²) in [6, 6.07) is 6.38. The van der Waals surface area contributed by atoms with Crippen LogP contribution in [0.15, 0.2) is 36.7 Å². The van der Waals surface area contributed by atoms with Crippen molar-refractivity contribution in [2.75, 3.05) is 29.9 Å². The largest absolute Gasteiger partial charge is 0.346 e. The minimum absolute atomic E-state index is 0.122. The fourth-order valence-corrected chi connectivity index (χ4v) is 5.79. The second kappa shape index (κ2) is 7.07. The molecule has 3 aliphatic rings. The number of piperidine rings is 1. The number of carbonyl (C=O) groups excluding carboxylic acids is 1. The van der Waals surface area contributed by atoms with E-state index < -0.39 is 0 Å². The Morgan fingerprint density at radius 2 is 2.16 bits per heavy atom. The molecule has 4 heterocycles. The van der Waals surface area contributed by atoms with Crippen LogP contribution in [0.4, 0.5) is 20.7 Å². The number of benzene rings is 1. The molecule has 2 saturated heterocycles. The highest BCUT2D eigenvalue weighted by molar-refractivity contribution is 6.31. The summed E-state index contributed by atoms with van der Waals surface area (Å²) in [6.45, 7) is 4.49. The van der Waals surface area contributed by atoms with Gasteiger partial charge in [-0.25, -0.2) is 18.7 Å². The summed E-state index contributed by atoms with van der Waals surface area (Å²) in [5.74, 6) is 1.45. The fourth-order valence-electron chi connectivity index (χ4n) is 5.51. The van der Waals surface area contributed by atoms with Crippen molar-refractivity contribution in [2.45, 2.75) is 31.7 Å². The van der Waals surface area contributed by atoms with Gasteiger partial charge in [-0.2, -0.15) is 5.10 Å². The lowest BCUT2D eigenvalue weighted by molar-refractivity contribution is 0.221. The Morgan fingerprint density at radius 1 is 1.28 bits per heavy atom. The molecule has 2 amide bonds. The third-order valence-electron chi connectivity index (χ3n) is 7.23. The number of rotatable bonds is 3. The van der Waals surface area contributed by atoms with Crippen LogP contribution in [-0.2, 0) is 5.54 Å².